The molecule has 0 N–H and O–H groups in total. The lowest BCUT2D eigenvalue weighted by Crippen LogP contribution is -2.40. The monoisotopic (exact) mass is 436 g/mol. The molecule has 1 atom stereocenters. The number of hydrogen-bond donors (Lipinski definition) is 0. The summed E-state index contributed by atoms with van der Waals surface area (Å²) in [4.78, 5) is 23.5. The van der Waals surface area contributed by atoms with Crippen molar-refractivity contribution in [3.8, 4) is 6.07 Å². The Bertz CT molecular complexity index is 796. The molecule has 0 fully saturated rings. The topological polar surface area (TPSA) is 61.2 Å². The van der Waals surface area contributed by atoms with Crippen LogP contribution in [0.5, 0.6) is 0 Å². The van der Waals surface area contributed by atoms with E-state index in [2.05, 4.69) is 56.0 Å². The molecule has 1 aromatic rings. The smallest absolute Gasteiger partial charge is 0.147 e. The minimum absolute atomic E-state index is 0.0470. The van der Waals surface area contributed by atoms with Crippen molar-refractivity contribution < 1.29 is 9.59 Å². The second-order valence-corrected chi connectivity index (χ2v) is 8.17. The predicted molar refractivity (Wildman–Crippen MR) is 135 cm³/mol. The Kier molecular flexibility index (Phi) is 16.3. The molecule has 32 heavy (non-hydrogen) atoms. The fraction of sp³-hybridized carbons (Fsp3) is 0.464. The number of likely N-dealkylation sites (N-methyl/N-ethyl adjacent to an activating group) is 1. The molecule has 1 rings (SSSR count). The van der Waals surface area contributed by atoms with Gasteiger partial charge in [-0.25, -0.2) is 0 Å². The van der Waals surface area contributed by atoms with E-state index in [9.17, 15) is 9.59 Å². The van der Waals surface area contributed by atoms with Crippen LogP contribution in [0.25, 0.3) is 6.08 Å². The number of unbranched alkanes of at least 4 members (excludes halogenated alkanes) is 2. The summed E-state index contributed by atoms with van der Waals surface area (Å²) in [5, 5.41) is 8.85. The van der Waals surface area contributed by atoms with E-state index in [0.29, 0.717) is 5.92 Å². The number of nitriles is 1. The van der Waals surface area contributed by atoms with E-state index in [4.69, 9.17) is 5.26 Å². The Labute approximate surface area is 195 Å². The third-order valence-electron chi connectivity index (χ3n) is 4.94. The first-order chi connectivity index (χ1) is 15.3. The third-order valence-corrected chi connectivity index (χ3v) is 4.94. The van der Waals surface area contributed by atoms with Crippen LogP contribution < -0.4 is 0 Å². The van der Waals surface area contributed by atoms with Gasteiger partial charge < -0.3 is 4.79 Å². The second kappa shape index (κ2) is 17.9. The number of ketones is 1. The standard InChI is InChI=1S/C23H30N2O.C5H10O/c1-6-20(16-24)10-8-7-9-11-21-12-14-22(15-13-21)17-25(5)23(18(2)3)19(4)26;1-2-3-4-5-6/h7-15,18,23H,6,17H2,1-5H3;5H,2-4H2,1H3/b8-7-,11-9+,20-10+;. The number of carbonyl (C=O) groups excluding carboxylic acids is 2. The highest BCUT2D eigenvalue weighted by atomic mass is 16.1. The number of rotatable bonds is 12. The highest BCUT2D eigenvalue weighted by Crippen LogP contribution is 2.15. The minimum atomic E-state index is -0.0470. The van der Waals surface area contributed by atoms with Gasteiger partial charge in [0.25, 0.3) is 0 Å². The molecule has 1 unspecified atom stereocenters. The van der Waals surface area contributed by atoms with Crippen molar-refractivity contribution in [2.75, 3.05) is 7.05 Å². The summed E-state index contributed by atoms with van der Waals surface area (Å²) in [7, 11) is 2.00. The summed E-state index contributed by atoms with van der Waals surface area (Å²) in [6.45, 7) is 10.6. The Morgan fingerprint density at radius 1 is 1.12 bits per heavy atom. The van der Waals surface area contributed by atoms with Gasteiger partial charge in [-0.1, -0.05) is 82.7 Å². The maximum absolute atomic E-state index is 11.8. The average Bonchev–Trinajstić information content (AvgIpc) is 2.75. The van der Waals surface area contributed by atoms with Crippen LogP contribution in [0.1, 0.15) is 71.4 Å². The van der Waals surface area contributed by atoms with Gasteiger partial charge in [-0.2, -0.15) is 5.26 Å². The zero-order valence-electron chi connectivity index (χ0n) is 20.7. The van der Waals surface area contributed by atoms with Crippen molar-refractivity contribution in [3.63, 3.8) is 0 Å². The zero-order chi connectivity index (χ0) is 24.4. The van der Waals surface area contributed by atoms with Crippen molar-refractivity contribution in [1.29, 1.82) is 5.26 Å². The number of allylic oxidation sites excluding steroid dienone is 5. The maximum Gasteiger partial charge on any atom is 0.147 e. The summed E-state index contributed by atoms with van der Waals surface area (Å²) < 4.78 is 0. The average molecular weight is 437 g/mol. The van der Waals surface area contributed by atoms with E-state index in [0.717, 1.165) is 49.7 Å². The molecular weight excluding hydrogens is 396 g/mol. The van der Waals surface area contributed by atoms with Crippen LogP contribution in [0, 0.1) is 17.2 Å². The molecule has 0 saturated heterocycles. The van der Waals surface area contributed by atoms with E-state index in [1.807, 2.05) is 44.4 Å². The van der Waals surface area contributed by atoms with Crippen LogP contribution in [-0.2, 0) is 16.1 Å². The number of benzene rings is 1. The predicted octanol–water partition coefficient (Wildman–Crippen LogP) is 6.54. The Morgan fingerprint density at radius 3 is 2.22 bits per heavy atom. The molecule has 0 bridgehead atoms. The van der Waals surface area contributed by atoms with Gasteiger partial charge >= 0.3 is 0 Å². The molecule has 0 radical (unpaired) electrons. The van der Waals surface area contributed by atoms with E-state index in [1.165, 1.54) is 5.56 Å². The molecule has 4 nitrogen and oxygen atoms in total. The highest BCUT2D eigenvalue weighted by molar-refractivity contribution is 5.81. The van der Waals surface area contributed by atoms with Crippen LogP contribution in [0.2, 0.25) is 0 Å². The molecule has 4 heteroatoms. The van der Waals surface area contributed by atoms with E-state index < -0.39 is 0 Å². The Hall–Kier alpha value is -2.77. The maximum atomic E-state index is 11.8. The Balaban J connectivity index is 0.00000140. The third kappa shape index (κ3) is 12.8. The van der Waals surface area contributed by atoms with Gasteiger partial charge in [0.15, 0.2) is 0 Å². The molecule has 174 valence electrons. The number of Topliss-reactive ketones (excluding diaryl/α,β-unsaturated/α-hetero) is 1. The van der Waals surface area contributed by atoms with Crippen molar-refractivity contribution in [3.05, 3.63) is 65.3 Å². The van der Waals surface area contributed by atoms with Crippen molar-refractivity contribution >= 4 is 18.1 Å². The highest BCUT2D eigenvalue weighted by Gasteiger charge is 2.22. The van der Waals surface area contributed by atoms with Crippen molar-refractivity contribution in [1.82, 2.24) is 4.90 Å². The first-order valence-electron chi connectivity index (χ1n) is 11.5. The van der Waals surface area contributed by atoms with Crippen LogP contribution in [0.4, 0.5) is 0 Å². The first-order valence-corrected chi connectivity index (χ1v) is 11.5. The van der Waals surface area contributed by atoms with Gasteiger partial charge in [-0.15, -0.1) is 0 Å². The number of nitrogens with zero attached hydrogens (tertiary/aromatic N) is 2. The molecule has 0 aliphatic rings. The summed E-state index contributed by atoms with van der Waals surface area (Å²) in [5.41, 5.74) is 3.08. The lowest BCUT2D eigenvalue weighted by atomic mass is 9.98. The molecule has 1 aromatic carbocycles. The lowest BCUT2D eigenvalue weighted by Gasteiger charge is -2.29. The van der Waals surface area contributed by atoms with Gasteiger partial charge in [0.05, 0.1) is 12.1 Å². The van der Waals surface area contributed by atoms with Crippen LogP contribution in [0.15, 0.2) is 54.1 Å². The van der Waals surface area contributed by atoms with Gasteiger partial charge in [0.1, 0.15) is 12.1 Å². The van der Waals surface area contributed by atoms with Gasteiger partial charge in [0.2, 0.25) is 0 Å². The SMILES string of the molecule is CCCCC=O.CC\C(C#N)=C/C=C\C=C\c1ccc(CN(C)C(C(C)=O)C(C)C)cc1. The fourth-order valence-electron chi connectivity index (χ4n) is 3.33. The summed E-state index contributed by atoms with van der Waals surface area (Å²) in [6.07, 6.45) is 14.3. The zero-order valence-corrected chi connectivity index (χ0v) is 20.7. The molecule has 0 aliphatic carbocycles. The number of hydrogen-bond acceptors (Lipinski definition) is 4. The fourth-order valence-corrected chi connectivity index (χ4v) is 3.33. The summed E-state index contributed by atoms with van der Waals surface area (Å²) in [6, 6.07) is 10.5. The lowest BCUT2D eigenvalue weighted by molar-refractivity contribution is -0.123. The molecule has 0 saturated carbocycles. The van der Waals surface area contributed by atoms with Crippen molar-refractivity contribution in [2.45, 2.75) is 72.9 Å². The Morgan fingerprint density at radius 2 is 1.78 bits per heavy atom. The molecular formula is C28H40N2O2. The molecule has 0 aromatic heterocycles. The number of carbonyl (C=O) groups is 2. The van der Waals surface area contributed by atoms with E-state index in [-0.39, 0.29) is 11.8 Å². The minimum Gasteiger partial charge on any atom is -0.303 e. The van der Waals surface area contributed by atoms with Crippen LogP contribution >= 0.6 is 0 Å². The van der Waals surface area contributed by atoms with Crippen LogP contribution in [-0.4, -0.2) is 30.1 Å². The molecule has 0 amide bonds. The van der Waals surface area contributed by atoms with Gasteiger partial charge in [-0.05, 0) is 49.9 Å². The van der Waals surface area contributed by atoms with Crippen LogP contribution in [0.3, 0.4) is 0 Å². The van der Waals surface area contributed by atoms with E-state index in [1.54, 1.807) is 6.92 Å². The van der Waals surface area contributed by atoms with Gasteiger partial charge in [-0.3, -0.25) is 9.69 Å². The molecule has 0 spiro atoms. The van der Waals surface area contributed by atoms with E-state index >= 15 is 0 Å². The number of aldehydes is 1. The van der Waals surface area contributed by atoms with Crippen molar-refractivity contribution in [2.24, 2.45) is 5.92 Å². The van der Waals surface area contributed by atoms with Gasteiger partial charge in [0, 0.05) is 18.5 Å². The summed E-state index contributed by atoms with van der Waals surface area (Å²) >= 11 is 0. The first kappa shape index (κ1) is 29.2. The largest absolute Gasteiger partial charge is 0.303 e. The summed E-state index contributed by atoms with van der Waals surface area (Å²) in [5.74, 6) is 0.514. The second-order valence-electron chi connectivity index (χ2n) is 8.17. The molecule has 0 heterocycles. The quantitative estimate of drug-likeness (QED) is 0.162. The normalized spacial score (nSPS) is 12.7. The molecule has 0 aliphatic heterocycles.